The maximum absolute atomic E-state index is 12.6. The van der Waals surface area contributed by atoms with E-state index in [1.165, 1.54) is 0 Å². The summed E-state index contributed by atoms with van der Waals surface area (Å²) in [6.07, 6.45) is 13.4. The average molecular weight is 543 g/mol. The van der Waals surface area contributed by atoms with E-state index >= 15 is 0 Å². The Bertz CT molecular complexity index is 1150. The van der Waals surface area contributed by atoms with Gasteiger partial charge in [-0.25, -0.2) is 0 Å². The van der Waals surface area contributed by atoms with Crippen molar-refractivity contribution in [1.82, 2.24) is 0 Å². The van der Waals surface area contributed by atoms with E-state index in [1.807, 2.05) is 13.0 Å². The first-order chi connectivity index (χ1) is 18.1. The molecule has 39 heavy (non-hydrogen) atoms. The number of hydrogen-bond donors (Lipinski definition) is 4. The zero-order valence-electron chi connectivity index (χ0n) is 24.7. The highest BCUT2D eigenvalue weighted by Crippen LogP contribution is 2.85. The van der Waals surface area contributed by atoms with Crippen molar-refractivity contribution in [2.24, 2.45) is 55.7 Å². The van der Waals surface area contributed by atoms with E-state index in [0.717, 1.165) is 64.2 Å². The van der Waals surface area contributed by atoms with E-state index in [1.54, 1.807) is 0 Å². The molecule has 0 aromatic rings. The summed E-state index contributed by atoms with van der Waals surface area (Å²) in [6.45, 7) is 11.8. The standard InChI is InChI=1S/C33H50O6/c1-21-30-10-7-22-27(4)14-13-25(2)11-12-26(3,24(35)36)17-23(25)28(27,5)15-16-29(22)8-6-9-31(37,33(29,30)19-34)18-32(21,38)39-20-30/h6,9,21-23,34,37-38H,7-8,10-20H2,1-5H3,(H,35,36)/t21-,22-,23-,25-,26-,27-,28+,29-,30+,31-,32+,33+/m1/s1. The summed E-state index contributed by atoms with van der Waals surface area (Å²) in [5, 5.41) is 46.0. The third-order valence-corrected chi connectivity index (χ3v) is 16.1. The molecule has 0 amide bonds. The smallest absolute Gasteiger partial charge is 0.309 e. The predicted molar refractivity (Wildman–Crippen MR) is 146 cm³/mol. The van der Waals surface area contributed by atoms with Crippen LogP contribution in [0.3, 0.4) is 0 Å². The molecule has 6 heteroatoms. The van der Waals surface area contributed by atoms with Gasteiger partial charge in [-0.15, -0.1) is 0 Å². The van der Waals surface area contributed by atoms with Gasteiger partial charge in [0.05, 0.1) is 24.2 Å². The molecule has 1 saturated heterocycles. The fourth-order valence-electron chi connectivity index (χ4n) is 13.6. The van der Waals surface area contributed by atoms with Gasteiger partial charge in [-0.2, -0.15) is 0 Å². The Kier molecular flexibility index (Phi) is 5.06. The van der Waals surface area contributed by atoms with Gasteiger partial charge in [0.2, 0.25) is 0 Å². The normalized spacial score (nSPS) is 62.9. The monoisotopic (exact) mass is 542 g/mol. The minimum absolute atomic E-state index is 0.0132. The number of carboxylic acids is 1. The van der Waals surface area contributed by atoms with Crippen molar-refractivity contribution >= 4 is 5.97 Å². The van der Waals surface area contributed by atoms with Crippen molar-refractivity contribution in [3.8, 4) is 0 Å². The first kappa shape index (κ1) is 26.9. The summed E-state index contributed by atoms with van der Waals surface area (Å²) in [4.78, 5) is 12.5. The second kappa shape index (κ2) is 7.33. The molecule has 0 aromatic carbocycles. The summed E-state index contributed by atoms with van der Waals surface area (Å²) >= 11 is 0. The van der Waals surface area contributed by atoms with E-state index in [0.29, 0.717) is 18.4 Å². The van der Waals surface area contributed by atoms with Gasteiger partial charge in [0, 0.05) is 23.2 Å². The van der Waals surface area contributed by atoms with Crippen molar-refractivity contribution in [1.29, 1.82) is 0 Å². The summed E-state index contributed by atoms with van der Waals surface area (Å²) < 4.78 is 6.19. The van der Waals surface area contributed by atoms with Gasteiger partial charge in [-0.1, -0.05) is 39.8 Å². The summed E-state index contributed by atoms with van der Waals surface area (Å²) in [6, 6.07) is 0. The minimum Gasteiger partial charge on any atom is -0.481 e. The molecule has 6 nitrogen and oxygen atoms in total. The second-order valence-corrected chi connectivity index (χ2v) is 16.6. The zero-order valence-corrected chi connectivity index (χ0v) is 24.7. The number of hydrogen-bond acceptors (Lipinski definition) is 5. The van der Waals surface area contributed by atoms with Crippen molar-refractivity contribution in [3.63, 3.8) is 0 Å². The van der Waals surface area contributed by atoms with E-state index in [4.69, 9.17) is 4.74 Å². The SMILES string of the molecule is C[C@@H]1[C@]23CC[C@H]4[C@@]5(CC=C[C@@](O)(C[C@]1(O)OC2)[C@]35CO)CC[C@@]1(C)[C@@H]2C[C@](C)(C(=O)O)CC[C@]2(C)CC[C@]41C. The number of allylic oxidation sites excluding steroid dienone is 1. The number of fused-ring (bicyclic) bond motifs is 5. The molecule has 2 bridgehead atoms. The largest absolute Gasteiger partial charge is 0.481 e. The quantitative estimate of drug-likeness (QED) is 0.353. The van der Waals surface area contributed by atoms with Crippen molar-refractivity contribution < 1.29 is 30.0 Å². The lowest BCUT2D eigenvalue weighted by Crippen LogP contribution is -2.80. The van der Waals surface area contributed by atoms with Crippen LogP contribution in [0, 0.1) is 55.7 Å². The average Bonchev–Trinajstić information content (AvgIpc) is 3.06. The minimum atomic E-state index is -1.37. The molecular weight excluding hydrogens is 492 g/mol. The zero-order chi connectivity index (χ0) is 28.1. The van der Waals surface area contributed by atoms with Crippen LogP contribution < -0.4 is 0 Å². The van der Waals surface area contributed by atoms with Crippen LogP contribution in [0.5, 0.6) is 0 Å². The highest BCUT2D eigenvalue weighted by atomic mass is 16.6. The highest BCUT2D eigenvalue weighted by molar-refractivity contribution is 5.74. The Hall–Kier alpha value is -0.950. The number of carbonyl (C=O) groups is 1. The molecule has 0 aromatic heterocycles. The van der Waals surface area contributed by atoms with Gasteiger partial charge < -0.3 is 25.2 Å². The third kappa shape index (κ3) is 2.57. The maximum atomic E-state index is 12.6. The summed E-state index contributed by atoms with van der Waals surface area (Å²) in [5.41, 5.74) is -3.44. The van der Waals surface area contributed by atoms with Crippen LogP contribution in [0.15, 0.2) is 12.2 Å². The lowest BCUT2D eigenvalue weighted by molar-refractivity contribution is -0.357. The van der Waals surface area contributed by atoms with Crippen LogP contribution >= 0.6 is 0 Å². The lowest BCUT2D eigenvalue weighted by atomic mass is 9.24. The van der Waals surface area contributed by atoms with Crippen LogP contribution in [0.2, 0.25) is 0 Å². The molecule has 5 saturated carbocycles. The summed E-state index contributed by atoms with van der Waals surface area (Å²) in [7, 11) is 0. The highest BCUT2D eigenvalue weighted by Gasteiger charge is 2.85. The second-order valence-electron chi connectivity index (χ2n) is 16.6. The Morgan fingerprint density at radius 2 is 1.59 bits per heavy atom. The predicted octanol–water partition coefficient (Wildman–Crippen LogP) is 5.30. The Balaban J connectivity index is 1.39. The Labute approximate surface area is 233 Å². The molecule has 6 aliphatic carbocycles. The topological polar surface area (TPSA) is 107 Å². The van der Waals surface area contributed by atoms with Crippen LogP contribution in [0.1, 0.15) is 105 Å². The molecular formula is C33H50O6. The van der Waals surface area contributed by atoms with Crippen molar-refractivity contribution in [3.05, 3.63) is 12.2 Å². The van der Waals surface area contributed by atoms with Crippen LogP contribution in [0.4, 0.5) is 0 Å². The van der Waals surface area contributed by atoms with Gasteiger partial charge in [-0.3, -0.25) is 4.79 Å². The van der Waals surface area contributed by atoms with Gasteiger partial charge >= 0.3 is 5.97 Å². The van der Waals surface area contributed by atoms with Gasteiger partial charge in [0.25, 0.3) is 0 Å². The fraction of sp³-hybridized carbons (Fsp3) is 0.909. The first-order valence-electron chi connectivity index (χ1n) is 15.7. The van der Waals surface area contributed by atoms with Crippen molar-refractivity contribution in [2.45, 2.75) is 117 Å². The van der Waals surface area contributed by atoms with Crippen LogP contribution in [-0.2, 0) is 9.53 Å². The lowest BCUT2D eigenvalue weighted by Gasteiger charge is -2.80. The number of carboxylic acid groups (broad SMARTS) is 1. The number of aliphatic hydroxyl groups is 3. The number of ether oxygens (including phenoxy) is 1. The van der Waals surface area contributed by atoms with E-state index in [-0.39, 0.29) is 40.6 Å². The van der Waals surface area contributed by atoms with Crippen molar-refractivity contribution in [2.75, 3.05) is 13.2 Å². The number of aliphatic carboxylic acids is 1. The maximum Gasteiger partial charge on any atom is 0.309 e. The Morgan fingerprint density at radius 3 is 2.28 bits per heavy atom. The molecule has 4 N–H and O–H groups in total. The molecule has 2 spiro atoms. The van der Waals surface area contributed by atoms with Crippen LogP contribution in [-0.4, -0.2) is 51.0 Å². The van der Waals surface area contributed by atoms with Crippen LogP contribution in [0.25, 0.3) is 0 Å². The molecule has 1 heterocycles. The Morgan fingerprint density at radius 1 is 0.923 bits per heavy atom. The molecule has 0 unspecified atom stereocenters. The van der Waals surface area contributed by atoms with Gasteiger partial charge in [-0.05, 0) is 105 Å². The molecule has 1 aliphatic heterocycles. The fourth-order valence-corrected chi connectivity index (χ4v) is 13.6. The number of rotatable bonds is 2. The van der Waals surface area contributed by atoms with E-state index < -0.39 is 33.6 Å². The summed E-state index contributed by atoms with van der Waals surface area (Å²) in [5.74, 6) is -1.54. The van der Waals surface area contributed by atoms with E-state index in [9.17, 15) is 25.2 Å². The molecule has 0 radical (unpaired) electrons. The molecule has 7 aliphatic rings. The first-order valence-corrected chi connectivity index (χ1v) is 15.7. The molecule has 7 rings (SSSR count). The van der Waals surface area contributed by atoms with E-state index in [2.05, 4.69) is 33.8 Å². The molecule has 6 fully saturated rings. The molecule has 218 valence electrons. The van der Waals surface area contributed by atoms with Gasteiger partial charge in [0.1, 0.15) is 0 Å². The van der Waals surface area contributed by atoms with Gasteiger partial charge in [0.15, 0.2) is 5.79 Å². The third-order valence-electron chi connectivity index (χ3n) is 16.1. The molecule has 12 atom stereocenters. The number of aliphatic hydroxyl groups excluding tert-OH is 1.